The summed E-state index contributed by atoms with van der Waals surface area (Å²) in [5.41, 5.74) is 0.934. The zero-order valence-electron chi connectivity index (χ0n) is 10.5. The summed E-state index contributed by atoms with van der Waals surface area (Å²) in [6, 6.07) is 10.7. The normalized spacial score (nSPS) is 12.2. The maximum Gasteiger partial charge on any atom is 0.161 e. The summed E-state index contributed by atoms with van der Waals surface area (Å²) in [5, 5.41) is 2.90. The first-order chi connectivity index (χ1) is 9.11. The van der Waals surface area contributed by atoms with E-state index in [9.17, 15) is 13.2 Å². The number of benzene rings is 2. The molecule has 1 atom stereocenters. The molecule has 0 radical (unpaired) electrons. The van der Waals surface area contributed by atoms with Gasteiger partial charge in [0.1, 0.15) is 5.82 Å². The predicted molar refractivity (Wildman–Crippen MR) is 69.4 cm³/mol. The Morgan fingerprint density at radius 1 is 0.947 bits per heavy atom. The van der Waals surface area contributed by atoms with Gasteiger partial charge < -0.3 is 5.32 Å². The molecular weight excluding hydrogens is 251 g/mol. The zero-order valence-corrected chi connectivity index (χ0v) is 10.5. The van der Waals surface area contributed by atoms with Crippen molar-refractivity contribution >= 4 is 5.69 Å². The summed E-state index contributed by atoms with van der Waals surface area (Å²) in [5.74, 6) is -3.05. The van der Waals surface area contributed by atoms with Crippen LogP contribution < -0.4 is 5.32 Å². The molecule has 1 N–H and O–H groups in total. The Kier molecular flexibility index (Phi) is 4.10. The summed E-state index contributed by atoms with van der Waals surface area (Å²) in [4.78, 5) is 0. The fraction of sp³-hybridized carbons (Fsp3) is 0.200. The Hall–Kier alpha value is -1.97. The van der Waals surface area contributed by atoms with Gasteiger partial charge in [-0.05, 0) is 12.0 Å². The molecule has 4 heteroatoms. The number of anilines is 1. The molecule has 2 aromatic rings. The topological polar surface area (TPSA) is 12.0 Å². The van der Waals surface area contributed by atoms with Crippen LogP contribution in [0.3, 0.4) is 0 Å². The van der Waals surface area contributed by atoms with Crippen LogP contribution in [0.1, 0.15) is 24.9 Å². The van der Waals surface area contributed by atoms with Crippen LogP contribution in [0.15, 0.2) is 42.5 Å². The van der Waals surface area contributed by atoms with E-state index >= 15 is 0 Å². The van der Waals surface area contributed by atoms with E-state index < -0.39 is 17.5 Å². The third-order valence-corrected chi connectivity index (χ3v) is 2.95. The van der Waals surface area contributed by atoms with Gasteiger partial charge in [-0.25, -0.2) is 13.2 Å². The largest absolute Gasteiger partial charge is 0.376 e. The first-order valence-corrected chi connectivity index (χ1v) is 6.08. The lowest BCUT2D eigenvalue weighted by Gasteiger charge is -2.19. The Labute approximate surface area is 110 Å². The van der Waals surface area contributed by atoms with E-state index in [2.05, 4.69) is 5.32 Å². The van der Waals surface area contributed by atoms with E-state index in [1.165, 1.54) is 0 Å². The molecule has 0 amide bonds. The number of hydrogen-bond donors (Lipinski definition) is 1. The average molecular weight is 265 g/mol. The van der Waals surface area contributed by atoms with Crippen LogP contribution in [0.2, 0.25) is 0 Å². The Morgan fingerprint density at radius 2 is 1.58 bits per heavy atom. The van der Waals surface area contributed by atoms with Gasteiger partial charge in [0.15, 0.2) is 11.6 Å². The maximum absolute atomic E-state index is 13.6. The minimum absolute atomic E-state index is 0.0328. The zero-order chi connectivity index (χ0) is 13.8. The second-order valence-corrected chi connectivity index (χ2v) is 4.26. The van der Waals surface area contributed by atoms with Crippen molar-refractivity contribution in [1.82, 2.24) is 0 Å². The molecule has 0 bridgehead atoms. The van der Waals surface area contributed by atoms with Gasteiger partial charge in [0.25, 0.3) is 0 Å². The summed E-state index contributed by atoms with van der Waals surface area (Å²) >= 11 is 0. The molecule has 0 heterocycles. The maximum atomic E-state index is 13.6. The van der Waals surface area contributed by atoms with Crippen molar-refractivity contribution in [2.45, 2.75) is 19.4 Å². The van der Waals surface area contributed by atoms with Crippen LogP contribution in [0.4, 0.5) is 18.9 Å². The molecule has 0 aliphatic rings. The third-order valence-electron chi connectivity index (χ3n) is 2.95. The average Bonchev–Trinajstić information content (AvgIpc) is 2.42. The highest BCUT2D eigenvalue weighted by Gasteiger charge is 2.14. The molecule has 100 valence electrons. The summed E-state index contributed by atoms with van der Waals surface area (Å²) in [6.07, 6.45) is 0.697. The fourth-order valence-corrected chi connectivity index (χ4v) is 1.93. The molecule has 0 aromatic heterocycles. The number of halogens is 3. The molecule has 0 fully saturated rings. The van der Waals surface area contributed by atoms with Gasteiger partial charge in [-0.15, -0.1) is 0 Å². The van der Waals surface area contributed by atoms with Crippen molar-refractivity contribution in [3.05, 3.63) is 65.5 Å². The van der Waals surface area contributed by atoms with E-state index in [0.29, 0.717) is 12.5 Å². The molecule has 0 saturated carbocycles. The molecule has 1 nitrogen and oxygen atoms in total. The SMILES string of the molecule is CCC(Nc1cc(F)c(F)cc1F)c1ccccc1. The summed E-state index contributed by atoms with van der Waals surface area (Å²) in [7, 11) is 0. The van der Waals surface area contributed by atoms with Crippen molar-refractivity contribution in [2.24, 2.45) is 0 Å². The molecular formula is C15H14F3N. The number of hydrogen-bond acceptors (Lipinski definition) is 1. The van der Waals surface area contributed by atoms with Crippen molar-refractivity contribution in [2.75, 3.05) is 5.32 Å². The molecule has 0 aliphatic carbocycles. The lowest BCUT2D eigenvalue weighted by Crippen LogP contribution is -2.11. The van der Waals surface area contributed by atoms with Gasteiger partial charge in [-0.2, -0.15) is 0 Å². The second-order valence-electron chi connectivity index (χ2n) is 4.26. The lowest BCUT2D eigenvalue weighted by atomic mass is 10.0. The van der Waals surface area contributed by atoms with Crippen LogP contribution in [0, 0.1) is 17.5 Å². The first-order valence-electron chi connectivity index (χ1n) is 6.08. The van der Waals surface area contributed by atoms with E-state index in [4.69, 9.17) is 0 Å². The highest BCUT2D eigenvalue weighted by atomic mass is 19.2. The lowest BCUT2D eigenvalue weighted by molar-refractivity contribution is 0.495. The fourth-order valence-electron chi connectivity index (χ4n) is 1.93. The van der Waals surface area contributed by atoms with Crippen molar-refractivity contribution in [3.8, 4) is 0 Å². The van der Waals surface area contributed by atoms with Gasteiger partial charge in [0.05, 0.1) is 11.7 Å². The van der Waals surface area contributed by atoms with Crippen molar-refractivity contribution in [1.29, 1.82) is 0 Å². The molecule has 0 saturated heterocycles. The Morgan fingerprint density at radius 3 is 2.21 bits per heavy atom. The third kappa shape index (κ3) is 3.08. The molecule has 2 rings (SSSR count). The number of rotatable bonds is 4. The Balaban J connectivity index is 2.26. The number of nitrogens with one attached hydrogen (secondary N) is 1. The van der Waals surface area contributed by atoms with Crippen LogP contribution >= 0.6 is 0 Å². The van der Waals surface area contributed by atoms with Gasteiger partial charge in [0, 0.05) is 12.1 Å². The highest BCUT2D eigenvalue weighted by molar-refractivity contribution is 5.47. The van der Waals surface area contributed by atoms with E-state index in [1.807, 2.05) is 37.3 Å². The quantitative estimate of drug-likeness (QED) is 0.792. The molecule has 2 aromatic carbocycles. The van der Waals surface area contributed by atoms with Gasteiger partial charge >= 0.3 is 0 Å². The second kappa shape index (κ2) is 5.78. The standard InChI is InChI=1S/C15H14F3N/c1-2-14(10-6-4-3-5-7-10)19-15-9-12(17)11(16)8-13(15)18/h3-9,14,19H,2H2,1H3. The van der Waals surface area contributed by atoms with Gasteiger partial charge in [-0.1, -0.05) is 37.3 Å². The first kappa shape index (κ1) is 13.5. The van der Waals surface area contributed by atoms with Crippen LogP contribution in [0.25, 0.3) is 0 Å². The van der Waals surface area contributed by atoms with Crippen LogP contribution in [-0.2, 0) is 0 Å². The molecule has 0 spiro atoms. The van der Waals surface area contributed by atoms with Gasteiger partial charge in [0.2, 0.25) is 0 Å². The van der Waals surface area contributed by atoms with Crippen LogP contribution in [0.5, 0.6) is 0 Å². The monoisotopic (exact) mass is 265 g/mol. The van der Waals surface area contributed by atoms with E-state index in [1.54, 1.807) is 0 Å². The molecule has 1 unspecified atom stereocenters. The summed E-state index contributed by atoms with van der Waals surface area (Å²) in [6.45, 7) is 1.93. The highest BCUT2D eigenvalue weighted by Crippen LogP contribution is 2.25. The minimum Gasteiger partial charge on any atom is -0.376 e. The minimum atomic E-state index is -1.18. The molecule has 19 heavy (non-hydrogen) atoms. The Bertz CT molecular complexity index is 555. The summed E-state index contributed by atoms with van der Waals surface area (Å²) < 4.78 is 39.6. The predicted octanol–water partition coefficient (Wildman–Crippen LogP) is 4.67. The van der Waals surface area contributed by atoms with Crippen molar-refractivity contribution < 1.29 is 13.2 Å². The molecule has 0 aliphatic heterocycles. The van der Waals surface area contributed by atoms with E-state index in [-0.39, 0.29) is 11.7 Å². The van der Waals surface area contributed by atoms with Gasteiger partial charge in [-0.3, -0.25) is 0 Å². The van der Waals surface area contributed by atoms with E-state index in [0.717, 1.165) is 11.6 Å². The van der Waals surface area contributed by atoms with Crippen molar-refractivity contribution in [3.63, 3.8) is 0 Å². The van der Waals surface area contributed by atoms with Crippen LogP contribution in [-0.4, -0.2) is 0 Å². The smallest absolute Gasteiger partial charge is 0.161 e.